The number of nitrogens with one attached hydrogen (secondary N) is 1. The van der Waals surface area contributed by atoms with Crippen molar-refractivity contribution in [2.24, 2.45) is 5.92 Å². The first-order chi connectivity index (χ1) is 17.7. The molecule has 3 aromatic carbocycles. The minimum absolute atomic E-state index is 0.0262. The van der Waals surface area contributed by atoms with Gasteiger partial charge in [0.2, 0.25) is 10.0 Å². The molecule has 1 amide bonds. The predicted molar refractivity (Wildman–Crippen MR) is 141 cm³/mol. The molecule has 0 spiro atoms. The summed E-state index contributed by atoms with van der Waals surface area (Å²) in [6.45, 7) is 2.00. The lowest BCUT2D eigenvalue weighted by atomic mass is 9.90. The number of ether oxygens (including phenoxy) is 1. The van der Waals surface area contributed by atoms with Crippen molar-refractivity contribution in [1.29, 1.82) is 0 Å². The van der Waals surface area contributed by atoms with Crippen LogP contribution in [0.4, 0.5) is 4.39 Å². The molecule has 1 unspecified atom stereocenters. The van der Waals surface area contributed by atoms with Gasteiger partial charge in [-0.1, -0.05) is 60.1 Å². The summed E-state index contributed by atoms with van der Waals surface area (Å²) in [5.41, 5.74) is 2.67. The Morgan fingerprint density at radius 3 is 2.43 bits per heavy atom. The fourth-order valence-corrected chi connectivity index (χ4v) is 5.55. The van der Waals surface area contributed by atoms with Crippen LogP contribution in [0.15, 0.2) is 66.7 Å². The highest BCUT2D eigenvalue weighted by atomic mass is 35.5. The van der Waals surface area contributed by atoms with Gasteiger partial charge in [-0.15, -0.1) is 0 Å². The Balaban J connectivity index is 1.28. The third-order valence-corrected chi connectivity index (χ3v) is 7.68. The van der Waals surface area contributed by atoms with Gasteiger partial charge in [0.15, 0.2) is 0 Å². The van der Waals surface area contributed by atoms with Gasteiger partial charge in [-0.25, -0.2) is 17.5 Å². The Morgan fingerprint density at radius 2 is 1.78 bits per heavy atom. The van der Waals surface area contributed by atoms with E-state index in [9.17, 15) is 17.6 Å². The first-order valence-electron chi connectivity index (χ1n) is 12.2. The molecule has 37 heavy (non-hydrogen) atoms. The van der Waals surface area contributed by atoms with E-state index in [0.717, 1.165) is 53.9 Å². The second kappa shape index (κ2) is 10.4. The number of hydrogen-bond acceptors (Lipinski definition) is 5. The molecule has 1 N–H and O–H groups in total. The van der Waals surface area contributed by atoms with Crippen LogP contribution in [0.3, 0.4) is 0 Å². The topological polar surface area (TPSA) is 75.7 Å². The summed E-state index contributed by atoms with van der Waals surface area (Å²) in [5, 5.41) is 0.723. The summed E-state index contributed by atoms with van der Waals surface area (Å²) in [5.74, 6) is -0.939. The van der Waals surface area contributed by atoms with E-state index in [1.165, 1.54) is 12.1 Å². The van der Waals surface area contributed by atoms with Crippen LogP contribution in [0.25, 0.3) is 0 Å². The van der Waals surface area contributed by atoms with Crippen molar-refractivity contribution in [2.45, 2.75) is 24.8 Å². The van der Waals surface area contributed by atoms with Crippen LogP contribution >= 0.6 is 11.6 Å². The van der Waals surface area contributed by atoms with E-state index < -0.39 is 21.7 Å². The molecule has 0 aromatic heterocycles. The van der Waals surface area contributed by atoms with Crippen LogP contribution in [0, 0.1) is 11.7 Å². The highest BCUT2D eigenvalue weighted by molar-refractivity contribution is 7.89. The second-order valence-corrected chi connectivity index (χ2v) is 12.0. The first kappa shape index (κ1) is 25.7. The summed E-state index contributed by atoms with van der Waals surface area (Å²) in [6.07, 6.45) is 2.70. The first-order valence-corrected chi connectivity index (χ1v) is 14.5. The number of benzene rings is 3. The molecule has 5 rings (SSSR count). The van der Waals surface area contributed by atoms with Gasteiger partial charge in [-0.05, 0) is 47.6 Å². The third kappa shape index (κ3) is 5.98. The number of sulfonamides is 1. The highest BCUT2D eigenvalue weighted by Gasteiger charge is 2.36. The lowest BCUT2D eigenvalue weighted by Crippen LogP contribution is -2.51. The van der Waals surface area contributed by atoms with Crippen LogP contribution in [-0.2, 0) is 10.0 Å². The fraction of sp³-hybridized carbons (Fsp3) is 0.321. The SMILES string of the molecule is CS(=O)(=O)NC(=O)c1cc(C2CC2)c(OCC2CN(C(c3ccccc3)c3ccccc3Cl)C2)cc1F. The van der Waals surface area contributed by atoms with E-state index in [-0.39, 0.29) is 23.4 Å². The van der Waals surface area contributed by atoms with Crippen molar-refractivity contribution in [3.05, 3.63) is 99.8 Å². The van der Waals surface area contributed by atoms with Crippen molar-refractivity contribution in [3.63, 3.8) is 0 Å². The van der Waals surface area contributed by atoms with Crippen molar-refractivity contribution in [1.82, 2.24) is 9.62 Å². The minimum atomic E-state index is -3.80. The molecule has 3 aromatic rings. The van der Waals surface area contributed by atoms with Gasteiger partial charge in [-0.2, -0.15) is 0 Å². The summed E-state index contributed by atoms with van der Waals surface area (Å²) in [6, 6.07) is 20.8. The van der Waals surface area contributed by atoms with Crippen LogP contribution < -0.4 is 9.46 Å². The Bertz CT molecular complexity index is 1410. The number of hydrogen-bond donors (Lipinski definition) is 1. The molecule has 1 atom stereocenters. The van der Waals surface area contributed by atoms with Crippen molar-refractivity contribution < 1.29 is 22.3 Å². The van der Waals surface area contributed by atoms with E-state index in [1.54, 1.807) is 0 Å². The van der Waals surface area contributed by atoms with E-state index in [0.29, 0.717) is 12.4 Å². The summed E-state index contributed by atoms with van der Waals surface area (Å²) in [4.78, 5) is 14.6. The molecular formula is C28H28ClFN2O4S. The lowest BCUT2D eigenvalue weighted by molar-refractivity contribution is 0.0376. The zero-order valence-corrected chi connectivity index (χ0v) is 21.9. The summed E-state index contributed by atoms with van der Waals surface area (Å²) >= 11 is 6.56. The predicted octanol–water partition coefficient (Wildman–Crippen LogP) is 5.15. The van der Waals surface area contributed by atoms with Crippen molar-refractivity contribution in [2.75, 3.05) is 26.0 Å². The zero-order valence-electron chi connectivity index (χ0n) is 20.4. The molecule has 1 saturated carbocycles. The molecule has 1 aliphatic carbocycles. The van der Waals surface area contributed by atoms with Crippen LogP contribution in [-0.4, -0.2) is 45.2 Å². The quantitative estimate of drug-likeness (QED) is 0.405. The molecule has 194 valence electrons. The van der Waals surface area contributed by atoms with E-state index in [2.05, 4.69) is 23.1 Å². The van der Waals surface area contributed by atoms with Gasteiger partial charge in [0.05, 0.1) is 24.5 Å². The van der Waals surface area contributed by atoms with Gasteiger partial charge in [-0.3, -0.25) is 9.69 Å². The van der Waals surface area contributed by atoms with Gasteiger partial charge < -0.3 is 4.74 Å². The largest absolute Gasteiger partial charge is 0.493 e. The standard InChI is InChI=1S/C28H28ClFN2O4S/c1-37(34,35)31-28(33)23-13-22(19-11-12-19)26(14-25(23)30)36-17-18-15-32(16-18)27(20-7-3-2-4-8-20)21-9-5-6-10-24(21)29/h2-10,13-14,18-19,27H,11-12,15-17H2,1H3,(H,31,33). The van der Waals surface area contributed by atoms with E-state index >= 15 is 0 Å². The summed E-state index contributed by atoms with van der Waals surface area (Å²) < 4.78 is 45.5. The monoisotopic (exact) mass is 542 g/mol. The number of amides is 1. The summed E-state index contributed by atoms with van der Waals surface area (Å²) in [7, 11) is -3.80. The molecule has 2 aliphatic rings. The van der Waals surface area contributed by atoms with Crippen LogP contribution in [0.2, 0.25) is 5.02 Å². The fourth-order valence-electron chi connectivity index (χ4n) is 4.86. The van der Waals surface area contributed by atoms with E-state index in [4.69, 9.17) is 16.3 Å². The Kier molecular flexibility index (Phi) is 7.25. The molecule has 0 bridgehead atoms. The van der Waals surface area contributed by atoms with Gasteiger partial charge in [0.1, 0.15) is 11.6 Å². The Morgan fingerprint density at radius 1 is 1.11 bits per heavy atom. The number of nitrogens with zero attached hydrogens (tertiary/aromatic N) is 1. The van der Waals surface area contributed by atoms with Crippen molar-refractivity contribution >= 4 is 27.5 Å². The minimum Gasteiger partial charge on any atom is -0.493 e. The zero-order chi connectivity index (χ0) is 26.2. The number of rotatable bonds is 9. The molecule has 2 fully saturated rings. The normalized spacial score (nSPS) is 17.2. The number of carbonyl (C=O) groups excluding carboxylic acids is 1. The lowest BCUT2D eigenvalue weighted by Gasteiger charge is -2.44. The maximum absolute atomic E-state index is 14.8. The molecule has 6 nitrogen and oxygen atoms in total. The smallest absolute Gasteiger partial charge is 0.267 e. The molecule has 1 heterocycles. The average molecular weight is 543 g/mol. The molecule has 1 saturated heterocycles. The Labute approximate surface area is 221 Å². The van der Waals surface area contributed by atoms with Gasteiger partial charge in [0.25, 0.3) is 5.91 Å². The van der Waals surface area contributed by atoms with E-state index in [1.807, 2.05) is 41.1 Å². The number of carbonyl (C=O) groups is 1. The number of likely N-dealkylation sites (tertiary alicyclic amines) is 1. The maximum atomic E-state index is 14.8. The average Bonchev–Trinajstić information content (AvgIpc) is 3.66. The molecule has 0 radical (unpaired) electrons. The number of halogens is 2. The van der Waals surface area contributed by atoms with Crippen LogP contribution in [0.5, 0.6) is 5.75 Å². The Hall–Kier alpha value is -2.94. The van der Waals surface area contributed by atoms with Gasteiger partial charge in [0, 0.05) is 30.1 Å². The molecular weight excluding hydrogens is 515 g/mol. The van der Waals surface area contributed by atoms with Crippen LogP contribution in [0.1, 0.15) is 51.8 Å². The second-order valence-electron chi connectivity index (χ2n) is 9.81. The highest BCUT2D eigenvalue weighted by Crippen LogP contribution is 2.45. The molecule has 9 heteroatoms. The van der Waals surface area contributed by atoms with Crippen molar-refractivity contribution in [3.8, 4) is 5.75 Å². The third-order valence-electron chi connectivity index (χ3n) is 6.78. The molecule has 1 aliphatic heterocycles. The maximum Gasteiger partial charge on any atom is 0.267 e. The van der Waals surface area contributed by atoms with Gasteiger partial charge >= 0.3 is 0 Å².